The highest BCUT2D eigenvalue weighted by molar-refractivity contribution is 7.98. The van der Waals surface area contributed by atoms with E-state index in [-0.39, 0.29) is 0 Å². The van der Waals surface area contributed by atoms with Gasteiger partial charge in [-0.2, -0.15) is 11.8 Å². The Morgan fingerprint density at radius 3 is 2.85 bits per heavy atom. The zero-order valence-electron chi connectivity index (χ0n) is 13.2. The first-order valence-electron chi connectivity index (χ1n) is 8.14. The van der Waals surface area contributed by atoms with E-state index in [9.17, 15) is 0 Å². The maximum absolute atomic E-state index is 3.57. The SMILES string of the molecule is CCCCC(CC)CC(NC)c1cc2c(s1)CCSC2. The molecule has 0 aromatic carbocycles. The number of aryl methyl sites for hydroxylation is 1. The van der Waals surface area contributed by atoms with Gasteiger partial charge in [0.1, 0.15) is 0 Å². The first-order valence-corrected chi connectivity index (χ1v) is 10.1. The average Bonchev–Trinajstić information content (AvgIpc) is 2.91. The van der Waals surface area contributed by atoms with Crippen LogP contribution in [0.3, 0.4) is 0 Å². The van der Waals surface area contributed by atoms with Gasteiger partial charge in [0, 0.05) is 21.5 Å². The van der Waals surface area contributed by atoms with Gasteiger partial charge in [-0.25, -0.2) is 0 Å². The van der Waals surface area contributed by atoms with Crippen molar-refractivity contribution in [3.05, 3.63) is 21.4 Å². The Kier molecular flexibility index (Phi) is 6.92. The Morgan fingerprint density at radius 2 is 2.20 bits per heavy atom. The molecule has 2 atom stereocenters. The van der Waals surface area contributed by atoms with Gasteiger partial charge in [0.2, 0.25) is 0 Å². The zero-order chi connectivity index (χ0) is 14.4. The number of hydrogen-bond acceptors (Lipinski definition) is 3. The molecule has 0 spiro atoms. The van der Waals surface area contributed by atoms with E-state index in [2.05, 4.69) is 55.4 Å². The third-order valence-corrected chi connectivity index (χ3v) is 6.81. The quantitative estimate of drug-likeness (QED) is 0.689. The van der Waals surface area contributed by atoms with Crippen LogP contribution in [0.5, 0.6) is 0 Å². The number of fused-ring (bicyclic) bond motifs is 1. The molecule has 0 saturated heterocycles. The van der Waals surface area contributed by atoms with Crippen LogP contribution in [-0.4, -0.2) is 12.8 Å². The van der Waals surface area contributed by atoms with Crippen LogP contribution in [0.25, 0.3) is 0 Å². The highest BCUT2D eigenvalue weighted by Gasteiger charge is 2.20. The van der Waals surface area contributed by atoms with Crippen molar-refractivity contribution in [2.45, 2.75) is 64.2 Å². The van der Waals surface area contributed by atoms with Crippen molar-refractivity contribution >= 4 is 23.1 Å². The van der Waals surface area contributed by atoms with Gasteiger partial charge >= 0.3 is 0 Å². The molecule has 1 N–H and O–H groups in total. The summed E-state index contributed by atoms with van der Waals surface area (Å²) >= 11 is 4.15. The summed E-state index contributed by atoms with van der Waals surface area (Å²) < 4.78 is 0. The molecule has 2 heterocycles. The summed E-state index contributed by atoms with van der Waals surface area (Å²) in [6.07, 6.45) is 8.01. The minimum atomic E-state index is 0.567. The van der Waals surface area contributed by atoms with E-state index < -0.39 is 0 Å². The molecule has 1 aliphatic rings. The lowest BCUT2D eigenvalue weighted by Crippen LogP contribution is -2.19. The smallest absolute Gasteiger partial charge is 0.0415 e. The van der Waals surface area contributed by atoms with Crippen molar-refractivity contribution in [3.63, 3.8) is 0 Å². The van der Waals surface area contributed by atoms with Crippen LogP contribution in [0.4, 0.5) is 0 Å². The van der Waals surface area contributed by atoms with Gasteiger partial charge in [-0.1, -0.05) is 39.5 Å². The molecule has 1 aromatic rings. The molecule has 0 saturated carbocycles. The van der Waals surface area contributed by atoms with Crippen molar-refractivity contribution in [1.29, 1.82) is 0 Å². The second-order valence-electron chi connectivity index (χ2n) is 5.89. The van der Waals surface area contributed by atoms with Crippen molar-refractivity contribution < 1.29 is 0 Å². The van der Waals surface area contributed by atoms with Crippen molar-refractivity contribution in [2.24, 2.45) is 5.92 Å². The Bertz CT molecular complexity index is 376. The molecule has 0 amide bonds. The van der Waals surface area contributed by atoms with Crippen LogP contribution in [0.1, 0.15) is 67.3 Å². The van der Waals surface area contributed by atoms with Crippen molar-refractivity contribution in [1.82, 2.24) is 5.32 Å². The van der Waals surface area contributed by atoms with Gasteiger partial charge in [0.25, 0.3) is 0 Å². The Hall–Kier alpha value is 0.01000. The molecule has 0 radical (unpaired) electrons. The summed E-state index contributed by atoms with van der Waals surface area (Å²) in [5, 5.41) is 3.57. The van der Waals surface area contributed by atoms with Gasteiger partial charge in [0.05, 0.1) is 0 Å². The van der Waals surface area contributed by atoms with Crippen molar-refractivity contribution in [2.75, 3.05) is 12.8 Å². The van der Waals surface area contributed by atoms with E-state index in [0.717, 1.165) is 5.92 Å². The molecule has 2 rings (SSSR count). The first-order chi connectivity index (χ1) is 9.78. The fraction of sp³-hybridized carbons (Fsp3) is 0.765. The standard InChI is InChI=1S/C17H29NS2/c1-4-6-7-13(5-2)10-15(18-3)17-11-14-12-19-9-8-16(14)20-17/h11,13,15,18H,4-10,12H2,1-3H3. The van der Waals surface area contributed by atoms with E-state index in [1.54, 1.807) is 15.3 Å². The molecular weight excluding hydrogens is 282 g/mol. The summed E-state index contributed by atoms with van der Waals surface area (Å²) in [6.45, 7) is 4.65. The topological polar surface area (TPSA) is 12.0 Å². The van der Waals surface area contributed by atoms with E-state index >= 15 is 0 Å². The molecule has 1 aliphatic heterocycles. The van der Waals surface area contributed by atoms with Crippen LogP contribution in [0.2, 0.25) is 0 Å². The highest BCUT2D eigenvalue weighted by atomic mass is 32.2. The molecule has 20 heavy (non-hydrogen) atoms. The predicted octanol–water partition coefficient (Wildman–Crippen LogP) is 5.40. The van der Waals surface area contributed by atoms with Gasteiger partial charge in [-0.3, -0.25) is 0 Å². The minimum absolute atomic E-state index is 0.567. The number of thioether (sulfide) groups is 1. The molecule has 3 heteroatoms. The average molecular weight is 312 g/mol. The molecular formula is C17H29NS2. The zero-order valence-corrected chi connectivity index (χ0v) is 14.8. The number of unbranched alkanes of at least 4 members (excludes halogenated alkanes) is 1. The number of thiophene rings is 1. The van der Waals surface area contributed by atoms with Gasteiger partial charge in [0.15, 0.2) is 0 Å². The molecule has 1 nitrogen and oxygen atoms in total. The van der Waals surface area contributed by atoms with Crippen LogP contribution >= 0.6 is 23.1 Å². The minimum Gasteiger partial charge on any atom is -0.312 e. The number of hydrogen-bond donors (Lipinski definition) is 1. The summed E-state index contributed by atoms with van der Waals surface area (Å²) in [6, 6.07) is 3.05. The fourth-order valence-electron chi connectivity index (χ4n) is 3.03. The number of nitrogens with one attached hydrogen (secondary N) is 1. The Labute approximate surface area is 132 Å². The summed E-state index contributed by atoms with van der Waals surface area (Å²) in [7, 11) is 2.13. The second kappa shape index (κ2) is 8.45. The normalized spacial score (nSPS) is 17.8. The first kappa shape index (κ1) is 16.4. The molecule has 114 valence electrons. The van der Waals surface area contributed by atoms with E-state index in [1.165, 1.54) is 50.0 Å². The lowest BCUT2D eigenvalue weighted by atomic mass is 9.91. The second-order valence-corrected chi connectivity index (χ2v) is 8.17. The molecule has 0 fully saturated rings. The highest BCUT2D eigenvalue weighted by Crippen LogP contribution is 2.37. The van der Waals surface area contributed by atoms with Crippen molar-refractivity contribution in [3.8, 4) is 0 Å². The molecule has 0 bridgehead atoms. The third kappa shape index (κ3) is 4.25. The maximum atomic E-state index is 3.57. The van der Waals surface area contributed by atoms with Crippen LogP contribution in [-0.2, 0) is 12.2 Å². The molecule has 1 aromatic heterocycles. The van der Waals surface area contributed by atoms with E-state index in [4.69, 9.17) is 0 Å². The summed E-state index contributed by atoms with van der Waals surface area (Å²) in [5.74, 6) is 3.42. The van der Waals surface area contributed by atoms with Crippen LogP contribution < -0.4 is 5.32 Å². The van der Waals surface area contributed by atoms with Crippen LogP contribution in [0, 0.1) is 5.92 Å². The lowest BCUT2D eigenvalue weighted by Gasteiger charge is -2.21. The van der Waals surface area contributed by atoms with E-state index in [1.807, 2.05) is 0 Å². The fourth-order valence-corrected chi connectivity index (χ4v) is 5.53. The summed E-state index contributed by atoms with van der Waals surface area (Å²) in [5.41, 5.74) is 1.61. The van der Waals surface area contributed by atoms with E-state index in [0.29, 0.717) is 6.04 Å². The molecule has 0 aliphatic carbocycles. The lowest BCUT2D eigenvalue weighted by molar-refractivity contribution is 0.367. The monoisotopic (exact) mass is 311 g/mol. The van der Waals surface area contributed by atoms with Crippen LogP contribution in [0.15, 0.2) is 6.07 Å². The maximum Gasteiger partial charge on any atom is 0.0415 e. The van der Waals surface area contributed by atoms with Gasteiger partial charge < -0.3 is 5.32 Å². The van der Waals surface area contributed by atoms with Gasteiger partial charge in [-0.05, 0) is 43.2 Å². The predicted molar refractivity (Wildman–Crippen MR) is 93.9 cm³/mol. The molecule has 2 unspecified atom stereocenters. The Morgan fingerprint density at radius 1 is 1.35 bits per heavy atom. The number of rotatable bonds is 8. The largest absolute Gasteiger partial charge is 0.312 e. The summed E-state index contributed by atoms with van der Waals surface area (Å²) in [4.78, 5) is 3.23. The Balaban J connectivity index is 2.01. The van der Waals surface area contributed by atoms with Gasteiger partial charge in [-0.15, -0.1) is 11.3 Å². The third-order valence-electron chi connectivity index (χ3n) is 4.45.